The average Bonchev–Trinajstić information content (AvgIpc) is 2.76. The summed E-state index contributed by atoms with van der Waals surface area (Å²) in [5.74, 6) is 0.447. The fourth-order valence-corrected chi connectivity index (χ4v) is 3.63. The second kappa shape index (κ2) is 12.2. The summed E-state index contributed by atoms with van der Waals surface area (Å²) in [6.45, 7) is 17.0. The monoisotopic (exact) mass is 526 g/mol. The van der Waals surface area contributed by atoms with Crippen molar-refractivity contribution >= 4 is 23.8 Å². The number of guanidine groups is 1. The molecule has 208 valence electrons. The fourth-order valence-electron chi connectivity index (χ4n) is 3.63. The van der Waals surface area contributed by atoms with Crippen molar-refractivity contribution in [1.29, 1.82) is 0 Å². The van der Waals surface area contributed by atoms with Gasteiger partial charge in [-0.05, 0) is 73.9 Å². The van der Waals surface area contributed by atoms with Gasteiger partial charge in [0.15, 0.2) is 0 Å². The van der Waals surface area contributed by atoms with Crippen LogP contribution < -0.4 is 20.7 Å². The highest BCUT2D eigenvalue weighted by atomic mass is 16.6. The van der Waals surface area contributed by atoms with Gasteiger partial charge < -0.3 is 30.2 Å². The highest BCUT2D eigenvalue weighted by Gasteiger charge is 2.31. The van der Waals surface area contributed by atoms with Gasteiger partial charge in [0.05, 0.1) is 11.2 Å². The SMILES string of the molecule is CCN(C(N)=NC(=O)OC(C)(C)C)c1cccc(C(C)(C)NC(=O)OC(C)(C)C)c1OCc1ccccc1. The molecule has 0 unspecified atom stereocenters. The van der Waals surface area contributed by atoms with Crippen molar-refractivity contribution in [2.24, 2.45) is 10.7 Å². The highest BCUT2D eigenvalue weighted by Crippen LogP contribution is 2.39. The molecule has 2 rings (SSSR count). The third-order valence-electron chi connectivity index (χ3n) is 5.19. The molecule has 0 fully saturated rings. The molecule has 38 heavy (non-hydrogen) atoms. The minimum absolute atomic E-state index is 0.0404. The zero-order valence-electron chi connectivity index (χ0n) is 24.0. The quantitative estimate of drug-likeness (QED) is 0.331. The van der Waals surface area contributed by atoms with Crippen molar-refractivity contribution in [2.75, 3.05) is 11.4 Å². The number of carbonyl (C=O) groups is 2. The summed E-state index contributed by atoms with van der Waals surface area (Å²) in [5.41, 5.74) is 6.29. The van der Waals surface area contributed by atoms with E-state index in [0.29, 0.717) is 23.5 Å². The Bertz CT molecular complexity index is 1130. The van der Waals surface area contributed by atoms with Gasteiger partial charge in [-0.15, -0.1) is 4.99 Å². The lowest BCUT2D eigenvalue weighted by Gasteiger charge is -2.33. The van der Waals surface area contributed by atoms with E-state index in [1.54, 1.807) is 46.4 Å². The Hall–Kier alpha value is -3.75. The normalized spacial score (nSPS) is 12.5. The zero-order valence-corrected chi connectivity index (χ0v) is 24.0. The lowest BCUT2D eigenvalue weighted by atomic mass is 9.92. The molecule has 0 saturated heterocycles. The number of aliphatic imine (C=N–C) groups is 1. The minimum Gasteiger partial charge on any atom is -0.486 e. The summed E-state index contributed by atoms with van der Waals surface area (Å²) < 4.78 is 17.2. The number of benzene rings is 2. The first-order chi connectivity index (χ1) is 17.5. The van der Waals surface area contributed by atoms with Gasteiger partial charge in [-0.2, -0.15) is 0 Å². The van der Waals surface area contributed by atoms with Gasteiger partial charge in [0.2, 0.25) is 5.96 Å². The van der Waals surface area contributed by atoms with Crippen LogP contribution in [0.2, 0.25) is 0 Å². The van der Waals surface area contributed by atoms with Gasteiger partial charge in [0.25, 0.3) is 0 Å². The molecule has 0 bridgehead atoms. The number of ether oxygens (including phenoxy) is 3. The van der Waals surface area contributed by atoms with Gasteiger partial charge in [0, 0.05) is 12.1 Å². The zero-order chi connectivity index (χ0) is 28.7. The standard InChI is InChI=1S/C29H42N4O5/c1-10-33(24(30)31-25(34)37-27(2,3)4)22-18-14-17-21(23(22)36-19-20-15-12-11-13-16-20)29(8,9)32-26(35)38-28(5,6)7/h11-18H,10,19H2,1-9H3,(H,32,35)(H2,30,31,34). The molecule has 0 saturated carbocycles. The third kappa shape index (κ3) is 9.28. The molecule has 9 nitrogen and oxygen atoms in total. The summed E-state index contributed by atoms with van der Waals surface area (Å²) in [4.78, 5) is 30.7. The van der Waals surface area contributed by atoms with Crippen LogP contribution in [-0.4, -0.2) is 35.9 Å². The number of nitrogens with one attached hydrogen (secondary N) is 1. The van der Waals surface area contributed by atoms with Gasteiger partial charge in [-0.3, -0.25) is 0 Å². The number of rotatable bonds is 7. The van der Waals surface area contributed by atoms with Crippen molar-refractivity contribution in [3.63, 3.8) is 0 Å². The van der Waals surface area contributed by atoms with E-state index in [4.69, 9.17) is 19.9 Å². The van der Waals surface area contributed by atoms with E-state index in [1.807, 2.05) is 69.3 Å². The lowest BCUT2D eigenvalue weighted by Crippen LogP contribution is -2.44. The number of hydrogen-bond donors (Lipinski definition) is 2. The minimum atomic E-state index is -0.888. The Kier molecular flexibility index (Phi) is 9.78. The number of amides is 2. The molecular formula is C29H42N4O5. The first-order valence-corrected chi connectivity index (χ1v) is 12.7. The van der Waals surface area contributed by atoms with Crippen LogP contribution >= 0.6 is 0 Å². The van der Waals surface area contributed by atoms with Crippen molar-refractivity contribution in [3.8, 4) is 5.75 Å². The molecule has 2 aromatic carbocycles. The second-order valence-corrected chi connectivity index (χ2v) is 11.4. The number of hydrogen-bond acceptors (Lipinski definition) is 5. The maximum atomic E-state index is 12.7. The molecule has 0 heterocycles. The predicted octanol–water partition coefficient (Wildman–Crippen LogP) is 6.10. The summed E-state index contributed by atoms with van der Waals surface area (Å²) in [6, 6.07) is 15.3. The Balaban J connectivity index is 2.55. The van der Waals surface area contributed by atoms with Gasteiger partial charge in [0.1, 0.15) is 23.6 Å². The van der Waals surface area contributed by atoms with E-state index >= 15 is 0 Å². The highest BCUT2D eigenvalue weighted by molar-refractivity contribution is 6.01. The van der Waals surface area contributed by atoms with Crippen LogP contribution in [0.5, 0.6) is 5.75 Å². The first kappa shape index (κ1) is 30.5. The fraction of sp³-hybridized carbons (Fsp3) is 0.483. The maximum absolute atomic E-state index is 12.7. The molecule has 0 aromatic heterocycles. The van der Waals surface area contributed by atoms with Crippen LogP contribution in [0.3, 0.4) is 0 Å². The van der Waals surface area contributed by atoms with Crippen molar-refractivity contribution in [1.82, 2.24) is 5.32 Å². The van der Waals surface area contributed by atoms with E-state index in [-0.39, 0.29) is 12.6 Å². The summed E-state index contributed by atoms with van der Waals surface area (Å²) in [6.07, 6.45) is -1.34. The van der Waals surface area contributed by atoms with Crippen molar-refractivity contribution < 1.29 is 23.8 Å². The van der Waals surface area contributed by atoms with E-state index < -0.39 is 28.9 Å². The van der Waals surface area contributed by atoms with Crippen LogP contribution in [-0.2, 0) is 21.6 Å². The topological polar surface area (TPSA) is 115 Å². The van der Waals surface area contributed by atoms with E-state index in [9.17, 15) is 9.59 Å². The van der Waals surface area contributed by atoms with Crippen LogP contribution in [0.15, 0.2) is 53.5 Å². The number of anilines is 1. The molecule has 0 radical (unpaired) electrons. The van der Waals surface area contributed by atoms with Crippen LogP contribution in [0.4, 0.5) is 15.3 Å². The number of para-hydroxylation sites is 1. The Morgan fingerprint density at radius 1 is 0.895 bits per heavy atom. The van der Waals surface area contributed by atoms with Gasteiger partial charge in [-0.1, -0.05) is 42.5 Å². The number of carbonyl (C=O) groups excluding carboxylic acids is 2. The van der Waals surface area contributed by atoms with E-state index in [0.717, 1.165) is 5.56 Å². The lowest BCUT2D eigenvalue weighted by molar-refractivity contribution is 0.0468. The average molecular weight is 527 g/mol. The molecule has 0 aliphatic rings. The van der Waals surface area contributed by atoms with Gasteiger partial charge in [-0.25, -0.2) is 9.59 Å². The molecule has 2 aromatic rings. The molecule has 0 aliphatic carbocycles. The molecule has 3 N–H and O–H groups in total. The Morgan fingerprint density at radius 3 is 2.05 bits per heavy atom. The van der Waals surface area contributed by atoms with Crippen molar-refractivity contribution in [2.45, 2.75) is 85.7 Å². The summed E-state index contributed by atoms with van der Waals surface area (Å²) in [7, 11) is 0. The predicted molar refractivity (Wildman–Crippen MR) is 150 cm³/mol. The second-order valence-electron chi connectivity index (χ2n) is 11.4. The molecule has 0 atom stereocenters. The van der Waals surface area contributed by atoms with Gasteiger partial charge >= 0.3 is 12.2 Å². The smallest absolute Gasteiger partial charge is 0.437 e. The Labute approximate surface area is 226 Å². The number of nitrogens with zero attached hydrogens (tertiary/aromatic N) is 2. The summed E-state index contributed by atoms with van der Waals surface area (Å²) in [5, 5.41) is 2.94. The molecule has 9 heteroatoms. The molecular weight excluding hydrogens is 484 g/mol. The number of alkyl carbamates (subject to hydrolysis) is 1. The molecule has 0 aliphatic heterocycles. The Morgan fingerprint density at radius 2 is 1.50 bits per heavy atom. The van der Waals surface area contributed by atoms with Crippen LogP contribution in [0.1, 0.15) is 73.4 Å². The maximum Gasteiger partial charge on any atom is 0.437 e. The largest absolute Gasteiger partial charge is 0.486 e. The molecule has 2 amide bonds. The summed E-state index contributed by atoms with van der Waals surface area (Å²) >= 11 is 0. The number of nitrogens with two attached hydrogens (primary N) is 1. The first-order valence-electron chi connectivity index (χ1n) is 12.7. The van der Waals surface area contributed by atoms with Crippen LogP contribution in [0.25, 0.3) is 0 Å². The van der Waals surface area contributed by atoms with Crippen molar-refractivity contribution in [3.05, 3.63) is 59.7 Å². The van der Waals surface area contributed by atoms with E-state index in [2.05, 4.69) is 10.3 Å². The molecule has 0 spiro atoms. The van der Waals surface area contributed by atoms with Crippen LogP contribution in [0, 0.1) is 0 Å². The van der Waals surface area contributed by atoms with E-state index in [1.165, 1.54) is 0 Å². The third-order valence-corrected chi connectivity index (χ3v) is 5.19.